The van der Waals surface area contributed by atoms with Gasteiger partial charge in [0.1, 0.15) is 0 Å². The van der Waals surface area contributed by atoms with Gasteiger partial charge in [-0.3, -0.25) is 0 Å². The highest BCUT2D eigenvalue weighted by Gasteiger charge is 2.08. The van der Waals surface area contributed by atoms with E-state index in [4.69, 9.17) is 0 Å². The van der Waals surface area contributed by atoms with E-state index in [1.165, 1.54) is 23.1 Å². The highest BCUT2D eigenvalue weighted by molar-refractivity contribution is 5.77. The summed E-state index contributed by atoms with van der Waals surface area (Å²) in [5.74, 6) is 0.616. The Morgan fingerprint density at radius 1 is 1.26 bits per heavy atom. The summed E-state index contributed by atoms with van der Waals surface area (Å²) in [6.45, 7) is 12.0. The maximum absolute atomic E-state index is 4.51. The summed E-state index contributed by atoms with van der Waals surface area (Å²) in [6.07, 6.45) is 3.17. The van der Waals surface area contributed by atoms with E-state index in [1.807, 2.05) is 6.33 Å². The Hall–Kier alpha value is -1.35. The van der Waals surface area contributed by atoms with Crippen molar-refractivity contribution in [3.8, 4) is 0 Å². The molecule has 1 heterocycles. The third-order valence-corrected chi connectivity index (χ3v) is 3.66. The second kappa shape index (κ2) is 6.20. The number of aryl methyl sites for hydroxylation is 2. The third kappa shape index (κ3) is 3.35. The number of rotatable bonds is 6. The lowest BCUT2D eigenvalue weighted by atomic mass is 10.1. The molecule has 1 atom stereocenters. The van der Waals surface area contributed by atoms with Crippen LogP contribution in [0.5, 0.6) is 0 Å². The summed E-state index contributed by atoms with van der Waals surface area (Å²) in [4.78, 5) is 4.51. The lowest BCUT2D eigenvalue weighted by Crippen LogP contribution is -2.24. The predicted octanol–water partition coefficient (Wildman–Crippen LogP) is 3.29. The van der Waals surface area contributed by atoms with Crippen molar-refractivity contribution >= 4 is 11.0 Å². The smallest absolute Gasteiger partial charge is 0.0958 e. The van der Waals surface area contributed by atoms with Crippen LogP contribution >= 0.6 is 0 Å². The van der Waals surface area contributed by atoms with Gasteiger partial charge in [0.25, 0.3) is 0 Å². The molecule has 0 aliphatic heterocycles. The van der Waals surface area contributed by atoms with Crippen molar-refractivity contribution in [1.29, 1.82) is 0 Å². The predicted molar refractivity (Wildman–Crippen MR) is 81.5 cm³/mol. The SMILES string of the molecule is CCCNCC(C)Cn1cnc2cc(C)c(C)cc21. The summed E-state index contributed by atoms with van der Waals surface area (Å²) in [6, 6.07) is 4.44. The zero-order valence-corrected chi connectivity index (χ0v) is 12.5. The monoisotopic (exact) mass is 259 g/mol. The topological polar surface area (TPSA) is 29.9 Å². The number of imidazole rings is 1. The van der Waals surface area contributed by atoms with Gasteiger partial charge in [-0.1, -0.05) is 13.8 Å². The molecule has 1 unspecified atom stereocenters. The van der Waals surface area contributed by atoms with Crippen LogP contribution < -0.4 is 5.32 Å². The van der Waals surface area contributed by atoms with Crippen molar-refractivity contribution < 1.29 is 0 Å². The first-order valence-electron chi connectivity index (χ1n) is 7.24. The van der Waals surface area contributed by atoms with E-state index in [9.17, 15) is 0 Å². The number of nitrogens with one attached hydrogen (secondary N) is 1. The molecule has 1 aromatic heterocycles. The highest BCUT2D eigenvalue weighted by atomic mass is 15.0. The van der Waals surface area contributed by atoms with Crippen molar-refractivity contribution in [3.63, 3.8) is 0 Å². The lowest BCUT2D eigenvalue weighted by molar-refractivity contribution is 0.451. The van der Waals surface area contributed by atoms with E-state index >= 15 is 0 Å². The summed E-state index contributed by atoms with van der Waals surface area (Å²) < 4.78 is 2.28. The fourth-order valence-corrected chi connectivity index (χ4v) is 2.38. The molecular formula is C16H25N3. The van der Waals surface area contributed by atoms with E-state index in [2.05, 4.69) is 54.7 Å². The largest absolute Gasteiger partial charge is 0.330 e. The van der Waals surface area contributed by atoms with Crippen molar-refractivity contribution in [2.45, 2.75) is 40.7 Å². The number of nitrogens with zero attached hydrogens (tertiary/aromatic N) is 2. The molecule has 0 amide bonds. The minimum atomic E-state index is 0.616. The van der Waals surface area contributed by atoms with Crippen LogP contribution in [0.4, 0.5) is 0 Å². The van der Waals surface area contributed by atoms with Crippen LogP contribution in [0, 0.1) is 19.8 Å². The zero-order chi connectivity index (χ0) is 13.8. The molecule has 19 heavy (non-hydrogen) atoms. The zero-order valence-electron chi connectivity index (χ0n) is 12.5. The third-order valence-electron chi connectivity index (χ3n) is 3.66. The van der Waals surface area contributed by atoms with Gasteiger partial charge < -0.3 is 9.88 Å². The minimum absolute atomic E-state index is 0.616. The Morgan fingerprint density at radius 3 is 2.74 bits per heavy atom. The van der Waals surface area contributed by atoms with E-state index in [0.29, 0.717) is 5.92 Å². The number of hydrogen-bond donors (Lipinski definition) is 1. The quantitative estimate of drug-likeness (QED) is 0.807. The molecule has 3 heteroatoms. The van der Waals surface area contributed by atoms with Crippen molar-refractivity contribution in [1.82, 2.24) is 14.9 Å². The average Bonchev–Trinajstić information content (AvgIpc) is 2.73. The molecule has 0 radical (unpaired) electrons. The molecule has 1 N–H and O–H groups in total. The first kappa shape index (κ1) is 14.1. The second-order valence-corrected chi connectivity index (χ2v) is 5.63. The average molecular weight is 259 g/mol. The number of benzene rings is 1. The van der Waals surface area contributed by atoms with Gasteiger partial charge in [0, 0.05) is 6.54 Å². The highest BCUT2D eigenvalue weighted by Crippen LogP contribution is 2.19. The van der Waals surface area contributed by atoms with Crippen LogP contribution in [0.15, 0.2) is 18.5 Å². The molecular weight excluding hydrogens is 234 g/mol. The van der Waals surface area contributed by atoms with Gasteiger partial charge in [-0.25, -0.2) is 4.98 Å². The van der Waals surface area contributed by atoms with Crippen molar-refractivity contribution in [3.05, 3.63) is 29.6 Å². The minimum Gasteiger partial charge on any atom is -0.330 e. The summed E-state index contributed by atoms with van der Waals surface area (Å²) >= 11 is 0. The molecule has 0 saturated carbocycles. The van der Waals surface area contributed by atoms with Gasteiger partial charge in [-0.15, -0.1) is 0 Å². The summed E-state index contributed by atoms with van der Waals surface area (Å²) in [7, 11) is 0. The molecule has 0 aliphatic rings. The molecule has 2 aromatic rings. The fourth-order valence-electron chi connectivity index (χ4n) is 2.38. The van der Waals surface area contributed by atoms with E-state index in [-0.39, 0.29) is 0 Å². The van der Waals surface area contributed by atoms with Crippen LogP contribution in [-0.2, 0) is 6.54 Å². The molecule has 0 bridgehead atoms. The standard InChI is InChI=1S/C16H25N3/c1-5-6-17-9-12(2)10-19-11-18-15-7-13(3)14(4)8-16(15)19/h7-8,11-12,17H,5-6,9-10H2,1-4H3. The molecule has 104 valence electrons. The maximum atomic E-state index is 4.51. The Balaban J connectivity index is 2.10. The maximum Gasteiger partial charge on any atom is 0.0958 e. The first-order valence-corrected chi connectivity index (χ1v) is 7.24. The molecule has 1 aromatic carbocycles. The first-order chi connectivity index (χ1) is 9.11. The van der Waals surface area contributed by atoms with Gasteiger partial charge in [0.15, 0.2) is 0 Å². The summed E-state index contributed by atoms with van der Waals surface area (Å²) in [5, 5.41) is 3.48. The fraction of sp³-hybridized carbons (Fsp3) is 0.562. The second-order valence-electron chi connectivity index (χ2n) is 5.63. The molecule has 0 spiro atoms. The van der Waals surface area contributed by atoms with Crippen LogP contribution in [-0.4, -0.2) is 22.6 Å². The molecule has 3 nitrogen and oxygen atoms in total. The normalized spacial score (nSPS) is 13.1. The number of aromatic nitrogens is 2. The van der Waals surface area contributed by atoms with E-state index < -0.39 is 0 Å². The summed E-state index contributed by atoms with van der Waals surface area (Å²) in [5.41, 5.74) is 5.02. The van der Waals surface area contributed by atoms with Crippen LogP contribution in [0.3, 0.4) is 0 Å². The van der Waals surface area contributed by atoms with Crippen LogP contribution in [0.2, 0.25) is 0 Å². The van der Waals surface area contributed by atoms with Crippen molar-refractivity contribution in [2.24, 2.45) is 5.92 Å². The Labute approximate surface area is 116 Å². The number of hydrogen-bond acceptors (Lipinski definition) is 2. The Kier molecular flexibility index (Phi) is 4.59. The van der Waals surface area contributed by atoms with Crippen LogP contribution in [0.25, 0.3) is 11.0 Å². The number of fused-ring (bicyclic) bond motifs is 1. The van der Waals surface area contributed by atoms with E-state index in [0.717, 1.165) is 25.2 Å². The van der Waals surface area contributed by atoms with Gasteiger partial charge in [-0.2, -0.15) is 0 Å². The molecule has 0 fully saturated rings. The lowest BCUT2D eigenvalue weighted by Gasteiger charge is -2.14. The van der Waals surface area contributed by atoms with Gasteiger partial charge in [0.05, 0.1) is 17.4 Å². The molecule has 0 saturated heterocycles. The molecule has 0 aliphatic carbocycles. The van der Waals surface area contributed by atoms with Gasteiger partial charge in [-0.05, 0) is 62.5 Å². The Morgan fingerprint density at radius 2 is 2.00 bits per heavy atom. The van der Waals surface area contributed by atoms with Gasteiger partial charge in [0.2, 0.25) is 0 Å². The van der Waals surface area contributed by atoms with Crippen molar-refractivity contribution in [2.75, 3.05) is 13.1 Å². The molecule has 2 rings (SSSR count). The Bertz CT molecular complexity index is 542. The van der Waals surface area contributed by atoms with Gasteiger partial charge >= 0.3 is 0 Å². The van der Waals surface area contributed by atoms with Crippen LogP contribution in [0.1, 0.15) is 31.4 Å². The van der Waals surface area contributed by atoms with E-state index in [1.54, 1.807) is 0 Å².